The molecule has 4 rings (SSSR count). The number of aromatic nitrogens is 4. The van der Waals surface area contributed by atoms with Crippen molar-refractivity contribution in [3.05, 3.63) is 52.1 Å². The first-order chi connectivity index (χ1) is 29.5. The van der Waals surface area contributed by atoms with Crippen LogP contribution in [-0.2, 0) is 35.3 Å². The zero-order chi connectivity index (χ0) is 45.2. The van der Waals surface area contributed by atoms with Crippen molar-refractivity contribution >= 4 is 84.1 Å². The van der Waals surface area contributed by atoms with Crippen LogP contribution < -0.4 is 42.6 Å². The van der Waals surface area contributed by atoms with Crippen molar-refractivity contribution in [2.75, 3.05) is 96.1 Å². The summed E-state index contributed by atoms with van der Waals surface area (Å²) in [6.07, 6.45) is 1.31. The van der Waals surface area contributed by atoms with Crippen molar-refractivity contribution in [3.63, 3.8) is 0 Å². The molecule has 1 aliphatic rings. The van der Waals surface area contributed by atoms with Gasteiger partial charge in [0.15, 0.2) is 11.2 Å². The number of Topliss-reactive ketones (excluding diaryl/α,β-unsaturated/α-hetero) is 1. The second-order valence-electron chi connectivity index (χ2n) is 14.5. The van der Waals surface area contributed by atoms with Crippen LogP contribution in [0.3, 0.4) is 0 Å². The standard InChI is InChI=1S/C38H52N12O12.Ga/c39-38-45-34-33(36(60)46-38)43-26(19-42-34)18-41-25-5-3-24(4-6-25)35(59)44-28(37(61)62)7-8-29(52)40-9-1-2-27(51)20-47-10-12-48(21-30(53)54)14-16-50(23-32(57)58)17-15-49(13-11-47)22-31(55)56;/h3-6,19,28,41H,1-2,7-18,20-23H2,(H,40,52)(H,44,59)(H,53,54)(H,55,56)(H,57,58)(H,61,62)(H3,39,42,45,46,60);/q;+3/p-3/t28-;/m0./s1. The molecular weight excluding hydrogens is 886 g/mol. The minimum atomic E-state index is -1.38. The molecule has 0 bridgehead atoms. The molecule has 7 N–H and O–H groups in total. The summed E-state index contributed by atoms with van der Waals surface area (Å²) < 4.78 is 0. The SMILES string of the molecule is Nc1nc2ncc(CNc3ccc(C(=O)N[C@@H](CCC(=O)NCCCC(=O)CN4CCN(CC(=O)[O-])CCN(CC(=O)[O-])CCN(CC(=O)[O-])CC4)C(=O)O)cc3)nc2c(=O)[nH]1.[Ga+3]. The molecule has 0 saturated carbocycles. The number of amides is 2. The van der Waals surface area contributed by atoms with Crippen molar-refractivity contribution < 1.29 is 54.0 Å². The van der Waals surface area contributed by atoms with Gasteiger partial charge >= 0.3 is 25.8 Å². The summed E-state index contributed by atoms with van der Waals surface area (Å²) in [6, 6.07) is 4.75. The van der Waals surface area contributed by atoms with Gasteiger partial charge in [-0.3, -0.25) is 43.8 Å². The number of benzene rings is 1. The van der Waals surface area contributed by atoms with Gasteiger partial charge in [-0.05, 0) is 37.1 Å². The molecule has 1 aliphatic heterocycles. The van der Waals surface area contributed by atoms with E-state index in [1.165, 1.54) is 23.2 Å². The predicted octanol–water partition coefficient (Wildman–Crippen LogP) is -6.57. The van der Waals surface area contributed by atoms with Crippen LogP contribution >= 0.6 is 0 Å². The second kappa shape index (κ2) is 25.8. The average Bonchev–Trinajstić information content (AvgIpc) is 3.20. The number of hydrogen-bond acceptors (Lipinski definition) is 20. The predicted molar refractivity (Wildman–Crippen MR) is 218 cm³/mol. The second-order valence-corrected chi connectivity index (χ2v) is 14.5. The van der Waals surface area contributed by atoms with E-state index in [4.69, 9.17) is 5.73 Å². The third-order valence-electron chi connectivity index (χ3n) is 9.71. The minimum absolute atomic E-state index is 0. The number of carbonyl (C=O) groups is 7. The Kier molecular flexibility index (Phi) is 21.1. The van der Waals surface area contributed by atoms with Crippen LogP contribution in [0.2, 0.25) is 0 Å². The molecule has 3 aromatic rings. The van der Waals surface area contributed by atoms with Crippen LogP contribution in [0.4, 0.5) is 11.6 Å². The van der Waals surface area contributed by atoms with E-state index in [1.807, 2.05) is 0 Å². The number of rotatable bonds is 21. The minimum Gasteiger partial charge on any atom is -0.549 e. The number of carbonyl (C=O) groups excluding carboxylic acids is 6. The Morgan fingerprint density at radius 2 is 1.30 bits per heavy atom. The molecule has 2 aromatic heterocycles. The van der Waals surface area contributed by atoms with Crippen molar-refractivity contribution in [3.8, 4) is 0 Å². The maximum Gasteiger partial charge on any atom is 3.00 e. The molecule has 0 radical (unpaired) electrons. The third-order valence-corrected chi connectivity index (χ3v) is 9.71. The Morgan fingerprint density at radius 1 is 0.778 bits per heavy atom. The first-order valence-corrected chi connectivity index (χ1v) is 19.7. The van der Waals surface area contributed by atoms with Gasteiger partial charge in [-0.2, -0.15) is 4.98 Å². The maximum atomic E-state index is 13.0. The number of nitrogens with one attached hydrogen (secondary N) is 4. The number of nitrogen functional groups attached to an aromatic ring is 1. The van der Waals surface area contributed by atoms with Gasteiger partial charge in [0.25, 0.3) is 11.5 Å². The summed E-state index contributed by atoms with van der Waals surface area (Å²) in [5.74, 6) is -6.77. The summed E-state index contributed by atoms with van der Waals surface area (Å²) in [5.41, 5.74) is 6.31. The molecule has 1 atom stereocenters. The molecule has 1 saturated heterocycles. The fourth-order valence-electron chi connectivity index (χ4n) is 6.45. The van der Waals surface area contributed by atoms with Crippen LogP contribution in [0.5, 0.6) is 0 Å². The van der Waals surface area contributed by atoms with Gasteiger partial charge < -0.3 is 56.5 Å². The number of anilines is 2. The number of aromatic amines is 1. The Labute approximate surface area is 373 Å². The molecule has 1 fully saturated rings. The maximum absolute atomic E-state index is 13.0. The summed E-state index contributed by atoms with van der Waals surface area (Å²) >= 11 is 0. The molecule has 0 spiro atoms. The number of hydrogen-bond donors (Lipinski definition) is 6. The van der Waals surface area contributed by atoms with Crippen LogP contribution in [0.15, 0.2) is 35.3 Å². The van der Waals surface area contributed by atoms with E-state index in [9.17, 15) is 58.8 Å². The summed E-state index contributed by atoms with van der Waals surface area (Å²) in [7, 11) is 0. The van der Waals surface area contributed by atoms with E-state index in [0.717, 1.165) is 0 Å². The van der Waals surface area contributed by atoms with Gasteiger partial charge in [0.05, 0.1) is 42.9 Å². The van der Waals surface area contributed by atoms with E-state index >= 15 is 0 Å². The quantitative estimate of drug-likeness (QED) is 0.0427. The molecule has 2 amide bonds. The number of nitrogens with zero attached hydrogens (tertiary/aromatic N) is 7. The summed E-state index contributed by atoms with van der Waals surface area (Å²) in [6.45, 7) is 0.523. The van der Waals surface area contributed by atoms with Gasteiger partial charge in [-0.1, -0.05) is 0 Å². The van der Waals surface area contributed by atoms with Crippen molar-refractivity contribution in [2.24, 2.45) is 0 Å². The molecular formula is C38H49GaN12O12. The molecule has 0 aliphatic carbocycles. The van der Waals surface area contributed by atoms with Crippen LogP contribution in [-0.4, -0.2) is 197 Å². The van der Waals surface area contributed by atoms with Crippen LogP contribution in [0.25, 0.3) is 11.2 Å². The van der Waals surface area contributed by atoms with E-state index in [-0.39, 0.29) is 146 Å². The molecule has 63 heavy (non-hydrogen) atoms. The number of ketones is 1. The van der Waals surface area contributed by atoms with Crippen molar-refractivity contribution in [1.29, 1.82) is 0 Å². The van der Waals surface area contributed by atoms with Gasteiger partial charge in [0.2, 0.25) is 11.9 Å². The first kappa shape index (κ1) is 51.4. The Morgan fingerprint density at radius 3 is 1.81 bits per heavy atom. The van der Waals surface area contributed by atoms with Gasteiger partial charge in [0.1, 0.15) is 11.8 Å². The Bertz CT molecular complexity index is 2090. The smallest absolute Gasteiger partial charge is 0.549 e. The van der Waals surface area contributed by atoms with E-state index < -0.39 is 66.9 Å². The van der Waals surface area contributed by atoms with E-state index in [1.54, 1.807) is 26.8 Å². The van der Waals surface area contributed by atoms with Crippen LogP contribution in [0, 0.1) is 0 Å². The number of fused-ring (bicyclic) bond motifs is 1. The zero-order valence-corrected chi connectivity index (χ0v) is 36.8. The molecule has 1 aromatic carbocycles. The van der Waals surface area contributed by atoms with E-state index in [2.05, 4.69) is 35.9 Å². The number of carboxylic acids is 4. The first-order valence-electron chi connectivity index (χ1n) is 19.7. The topological polar surface area (TPSA) is 356 Å². The van der Waals surface area contributed by atoms with Gasteiger partial charge in [-0.15, -0.1) is 0 Å². The monoisotopic (exact) mass is 934 g/mol. The largest absolute Gasteiger partial charge is 3.00 e. The third kappa shape index (κ3) is 18.5. The molecule has 25 heteroatoms. The van der Waals surface area contributed by atoms with Gasteiger partial charge in [0, 0.05) is 103 Å². The number of H-pyrrole nitrogens is 1. The number of aliphatic carboxylic acids is 4. The molecule has 3 heterocycles. The zero-order valence-electron chi connectivity index (χ0n) is 34.4. The molecule has 24 nitrogen and oxygen atoms in total. The Balaban J connectivity index is 0.0000106. The van der Waals surface area contributed by atoms with Crippen LogP contribution in [0.1, 0.15) is 41.7 Å². The number of carboxylic acid groups (broad SMARTS) is 4. The summed E-state index contributed by atoms with van der Waals surface area (Å²) in [4.78, 5) is 118. The Hall–Kier alpha value is -5.99. The molecule has 336 valence electrons. The number of nitrogens with two attached hydrogens (primary N) is 1. The van der Waals surface area contributed by atoms with E-state index in [0.29, 0.717) is 11.4 Å². The fraction of sp³-hybridized carbons (Fsp3) is 0.500. The summed E-state index contributed by atoms with van der Waals surface area (Å²) in [5, 5.41) is 51.9. The average molecular weight is 936 g/mol. The van der Waals surface area contributed by atoms with Gasteiger partial charge in [-0.25, -0.2) is 14.8 Å². The molecule has 0 unspecified atom stereocenters. The van der Waals surface area contributed by atoms with Crippen molar-refractivity contribution in [2.45, 2.75) is 38.3 Å². The van der Waals surface area contributed by atoms with Crippen molar-refractivity contribution in [1.82, 2.24) is 50.2 Å². The fourth-order valence-corrected chi connectivity index (χ4v) is 6.45. The normalized spacial score (nSPS) is 15.2.